The van der Waals surface area contributed by atoms with E-state index in [0.29, 0.717) is 12.2 Å². The molecule has 1 aromatic carbocycles. The second-order valence-corrected chi connectivity index (χ2v) is 12.2. The quantitative estimate of drug-likeness (QED) is 0.338. The van der Waals surface area contributed by atoms with Crippen molar-refractivity contribution in [1.29, 1.82) is 0 Å². The predicted octanol–water partition coefficient (Wildman–Crippen LogP) is 1.58. The number of rotatable bonds is 7. The van der Waals surface area contributed by atoms with Crippen molar-refractivity contribution in [2.75, 3.05) is 30.3 Å². The van der Waals surface area contributed by atoms with Crippen LogP contribution in [0, 0.1) is 0 Å². The molecule has 2 aromatic heterocycles. The molecular weight excluding hydrogens is 568 g/mol. The van der Waals surface area contributed by atoms with Crippen molar-refractivity contribution in [1.82, 2.24) is 29.1 Å². The van der Waals surface area contributed by atoms with Crippen molar-refractivity contribution in [3.05, 3.63) is 49.1 Å². The van der Waals surface area contributed by atoms with E-state index in [2.05, 4.69) is 30.9 Å². The number of nitrogens with one attached hydrogen (secondary N) is 3. The standard InChI is InChI=1S/C26H30N8O7S/c1-4-27-23(35)19-18-20(41-26(2,3)40-18)24(39-19)34-14-30-17-21(28-13-29-22(17)34)32-25(36)31-15-9-5-6-10-16(15)42(37,38)33-11-7-8-12-33/h5-10,13-14,18-20,24H,4,11-12H2,1-3H3,(H,27,35)(H2,28,29,31,32,36)/t18-,19+,20-,24-/m1/s1. The van der Waals surface area contributed by atoms with Gasteiger partial charge in [0, 0.05) is 19.6 Å². The van der Waals surface area contributed by atoms with Gasteiger partial charge in [-0.25, -0.2) is 28.2 Å². The molecule has 3 aliphatic heterocycles. The molecule has 15 nitrogen and oxygen atoms in total. The minimum absolute atomic E-state index is 0.0303. The van der Waals surface area contributed by atoms with Gasteiger partial charge in [-0.1, -0.05) is 24.3 Å². The first kappa shape index (κ1) is 28.2. The lowest BCUT2D eigenvalue weighted by atomic mass is 10.1. The Kier molecular flexibility index (Phi) is 7.18. The molecule has 222 valence electrons. The van der Waals surface area contributed by atoms with Gasteiger partial charge in [-0.15, -0.1) is 0 Å². The summed E-state index contributed by atoms with van der Waals surface area (Å²) in [5, 5.41) is 8.00. The average Bonchev–Trinajstić information content (AvgIpc) is 3.73. The number of urea groups is 1. The molecule has 3 aromatic rings. The SMILES string of the molecule is CCNC(=O)[C@H]1O[C@@H](n2cnc3c(NC(=O)Nc4ccccc4S(=O)(=O)N4CC=CC4)ncnc32)[C@@H]2OC(C)(C)O[C@@H]21. The molecule has 3 amide bonds. The minimum Gasteiger partial charge on any atom is -0.354 e. The zero-order valence-corrected chi connectivity index (χ0v) is 23.9. The highest BCUT2D eigenvalue weighted by molar-refractivity contribution is 7.89. The lowest BCUT2D eigenvalue weighted by molar-refractivity contribution is -0.197. The van der Waals surface area contributed by atoms with Crippen molar-refractivity contribution in [2.24, 2.45) is 0 Å². The van der Waals surface area contributed by atoms with Gasteiger partial charge in [-0.2, -0.15) is 4.31 Å². The van der Waals surface area contributed by atoms with Gasteiger partial charge < -0.3 is 24.8 Å². The summed E-state index contributed by atoms with van der Waals surface area (Å²) in [4.78, 5) is 38.7. The summed E-state index contributed by atoms with van der Waals surface area (Å²) in [7, 11) is -3.84. The molecule has 2 fully saturated rings. The molecule has 4 atom stereocenters. The number of imidazole rings is 1. The first-order valence-electron chi connectivity index (χ1n) is 13.4. The third-order valence-electron chi connectivity index (χ3n) is 7.04. The smallest absolute Gasteiger partial charge is 0.324 e. The molecule has 42 heavy (non-hydrogen) atoms. The largest absolute Gasteiger partial charge is 0.354 e. The van der Waals surface area contributed by atoms with Crippen LogP contribution < -0.4 is 16.0 Å². The van der Waals surface area contributed by atoms with Crippen LogP contribution in [0.4, 0.5) is 16.3 Å². The fraction of sp³-hybridized carbons (Fsp3) is 0.423. The van der Waals surface area contributed by atoms with E-state index in [0.717, 1.165) is 0 Å². The van der Waals surface area contributed by atoms with Crippen molar-refractivity contribution in [2.45, 2.75) is 56.0 Å². The molecule has 6 rings (SSSR count). The summed E-state index contributed by atoms with van der Waals surface area (Å²) in [6.07, 6.45) is 3.23. The molecule has 0 aliphatic carbocycles. The average molecular weight is 599 g/mol. The number of aromatic nitrogens is 4. The molecule has 0 saturated carbocycles. The van der Waals surface area contributed by atoms with Crippen LogP contribution in [0.15, 0.2) is 54.0 Å². The fourth-order valence-corrected chi connectivity index (χ4v) is 6.76. The van der Waals surface area contributed by atoms with Crippen LogP contribution in [0.3, 0.4) is 0 Å². The number of anilines is 2. The van der Waals surface area contributed by atoms with Gasteiger partial charge in [-0.3, -0.25) is 14.7 Å². The Balaban J connectivity index is 1.24. The minimum atomic E-state index is -3.84. The second kappa shape index (κ2) is 10.7. The lowest BCUT2D eigenvalue weighted by Gasteiger charge is -2.24. The van der Waals surface area contributed by atoms with Crippen LogP contribution in [0.2, 0.25) is 0 Å². The summed E-state index contributed by atoms with van der Waals surface area (Å²) >= 11 is 0. The summed E-state index contributed by atoms with van der Waals surface area (Å²) < 4.78 is 47.4. The van der Waals surface area contributed by atoms with Crippen LogP contribution in [0.5, 0.6) is 0 Å². The van der Waals surface area contributed by atoms with E-state index in [1.807, 2.05) is 6.92 Å². The maximum Gasteiger partial charge on any atom is 0.324 e. The van der Waals surface area contributed by atoms with Gasteiger partial charge in [0.25, 0.3) is 5.91 Å². The van der Waals surface area contributed by atoms with Crippen LogP contribution >= 0.6 is 0 Å². The lowest BCUT2D eigenvalue weighted by Crippen LogP contribution is -2.42. The second-order valence-electron chi connectivity index (χ2n) is 10.3. The zero-order valence-electron chi connectivity index (χ0n) is 23.1. The number of para-hydroxylation sites is 1. The number of nitrogens with zero attached hydrogens (tertiary/aromatic N) is 5. The zero-order chi connectivity index (χ0) is 29.6. The first-order chi connectivity index (χ1) is 20.1. The number of ether oxygens (including phenoxy) is 3. The molecule has 3 aliphatic rings. The Morgan fingerprint density at radius 3 is 2.55 bits per heavy atom. The number of hydrogen-bond acceptors (Lipinski definition) is 10. The first-order valence-corrected chi connectivity index (χ1v) is 14.8. The van der Waals surface area contributed by atoms with Crippen LogP contribution in [0.25, 0.3) is 11.2 Å². The summed E-state index contributed by atoms with van der Waals surface area (Å²) in [6, 6.07) is 5.43. The molecule has 2 saturated heterocycles. The summed E-state index contributed by atoms with van der Waals surface area (Å²) in [6.45, 7) is 6.28. The Morgan fingerprint density at radius 2 is 1.79 bits per heavy atom. The Morgan fingerprint density at radius 1 is 1.05 bits per heavy atom. The number of benzene rings is 1. The van der Waals surface area contributed by atoms with E-state index in [1.165, 1.54) is 29.1 Å². The van der Waals surface area contributed by atoms with Crippen molar-refractivity contribution in [3.63, 3.8) is 0 Å². The summed E-state index contributed by atoms with van der Waals surface area (Å²) in [5.41, 5.74) is 0.676. The van der Waals surface area contributed by atoms with Crippen LogP contribution in [-0.2, 0) is 29.0 Å². The van der Waals surface area contributed by atoms with Crippen LogP contribution in [-0.4, -0.2) is 87.9 Å². The number of hydrogen-bond donors (Lipinski definition) is 3. The van der Waals surface area contributed by atoms with E-state index in [1.54, 1.807) is 42.7 Å². The highest BCUT2D eigenvalue weighted by Crippen LogP contribution is 2.44. The molecule has 0 bridgehead atoms. The number of carbonyl (C=O) groups excluding carboxylic acids is 2. The highest BCUT2D eigenvalue weighted by Gasteiger charge is 2.58. The van der Waals surface area contributed by atoms with Crippen molar-refractivity contribution < 1.29 is 32.2 Å². The molecule has 0 unspecified atom stereocenters. The number of amides is 3. The molecule has 3 N–H and O–H groups in total. The van der Waals surface area contributed by atoms with E-state index < -0.39 is 46.4 Å². The van der Waals surface area contributed by atoms with E-state index >= 15 is 0 Å². The third kappa shape index (κ3) is 5.00. The monoisotopic (exact) mass is 598 g/mol. The maximum atomic E-state index is 13.1. The Hall–Kier alpha value is -3.96. The number of likely N-dealkylation sites (N-methyl/N-ethyl adjacent to an activating group) is 1. The Bertz CT molecular complexity index is 1670. The maximum absolute atomic E-state index is 13.1. The number of carbonyl (C=O) groups is 2. The topological polar surface area (TPSA) is 179 Å². The van der Waals surface area contributed by atoms with Crippen molar-refractivity contribution >= 4 is 44.6 Å². The van der Waals surface area contributed by atoms with Crippen molar-refractivity contribution in [3.8, 4) is 0 Å². The molecule has 5 heterocycles. The molecule has 0 spiro atoms. The predicted molar refractivity (Wildman–Crippen MR) is 149 cm³/mol. The van der Waals surface area contributed by atoms with E-state index in [-0.39, 0.29) is 40.9 Å². The van der Waals surface area contributed by atoms with Crippen LogP contribution in [0.1, 0.15) is 27.0 Å². The van der Waals surface area contributed by atoms with E-state index in [9.17, 15) is 18.0 Å². The van der Waals surface area contributed by atoms with E-state index in [4.69, 9.17) is 14.2 Å². The number of fused-ring (bicyclic) bond motifs is 2. The summed E-state index contributed by atoms with van der Waals surface area (Å²) in [5.74, 6) is -1.18. The van der Waals surface area contributed by atoms with Gasteiger partial charge in [0.2, 0.25) is 10.0 Å². The normalized spacial score (nSPS) is 25.0. The highest BCUT2D eigenvalue weighted by atomic mass is 32.2. The number of sulfonamides is 1. The fourth-order valence-electron chi connectivity index (χ4n) is 5.27. The molecular formula is C26H30N8O7S. The third-order valence-corrected chi connectivity index (χ3v) is 8.93. The van der Waals surface area contributed by atoms with Gasteiger partial charge in [0.15, 0.2) is 35.1 Å². The molecule has 16 heteroatoms. The van der Waals surface area contributed by atoms with Gasteiger partial charge in [0.05, 0.1) is 12.0 Å². The van der Waals surface area contributed by atoms with Gasteiger partial charge in [0.1, 0.15) is 23.4 Å². The molecule has 0 radical (unpaired) electrons. The van der Waals surface area contributed by atoms with Gasteiger partial charge in [-0.05, 0) is 32.9 Å². The van der Waals surface area contributed by atoms with Gasteiger partial charge >= 0.3 is 6.03 Å². The Labute approximate surface area is 241 Å².